The van der Waals surface area contributed by atoms with Crippen LogP contribution < -0.4 is 4.74 Å². The first-order chi connectivity index (χ1) is 14.4. The fourth-order valence-corrected chi connectivity index (χ4v) is 10.1. The van der Waals surface area contributed by atoms with E-state index in [0.29, 0.717) is 23.5 Å². The van der Waals surface area contributed by atoms with Gasteiger partial charge in [0.25, 0.3) is 0 Å². The lowest BCUT2D eigenvalue weighted by Gasteiger charge is -2.47. The van der Waals surface area contributed by atoms with Crippen molar-refractivity contribution >= 4 is 23.5 Å². The molecular formula is C26H36O2S2. The molecule has 0 aromatic heterocycles. The first kappa shape index (κ1) is 21.1. The average molecular weight is 445 g/mol. The normalized spacial score (nSPS) is 30.6. The Morgan fingerprint density at radius 1 is 1.03 bits per heavy atom. The van der Waals surface area contributed by atoms with Crippen LogP contribution in [0.3, 0.4) is 0 Å². The molecule has 1 saturated heterocycles. The zero-order chi connectivity index (χ0) is 20.9. The SMILES string of the molecule is CC1=CCC2C(C1)c1c(O)cc(C3(C4CCCCCC4)SCCS3)cc1OC2(C)C. The fourth-order valence-electron chi connectivity index (χ4n) is 6.49. The van der Waals surface area contributed by atoms with Crippen LogP contribution in [0.4, 0.5) is 0 Å². The first-order valence-electron chi connectivity index (χ1n) is 11.9. The van der Waals surface area contributed by atoms with E-state index in [2.05, 4.69) is 62.5 Å². The Morgan fingerprint density at radius 2 is 1.73 bits per heavy atom. The van der Waals surface area contributed by atoms with Gasteiger partial charge in [-0.2, -0.15) is 0 Å². The number of phenols is 1. The van der Waals surface area contributed by atoms with E-state index in [1.54, 1.807) is 0 Å². The summed E-state index contributed by atoms with van der Waals surface area (Å²) in [6.45, 7) is 6.72. The summed E-state index contributed by atoms with van der Waals surface area (Å²) in [5.41, 5.74) is 3.61. The van der Waals surface area contributed by atoms with Crippen molar-refractivity contribution in [2.75, 3.05) is 11.5 Å². The molecule has 1 aromatic carbocycles. The molecule has 2 unspecified atom stereocenters. The van der Waals surface area contributed by atoms with E-state index < -0.39 is 0 Å². The van der Waals surface area contributed by atoms with Crippen LogP contribution >= 0.6 is 23.5 Å². The first-order valence-corrected chi connectivity index (χ1v) is 13.9. The van der Waals surface area contributed by atoms with Gasteiger partial charge in [-0.1, -0.05) is 37.3 Å². The van der Waals surface area contributed by atoms with Gasteiger partial charge in [-0.15, -0.1) is 23.5 Å². The average Bonchev–Trinajstić information content (AvgIpc) is 3.03. The molecule has 5 rings (SSSR count). The molecule has 2 nitrogen and oxygen atoms in total. The monoisotopic (exact) mass is 444 g/mol. The molecule has 4 aliphatic rings. The van der Waals surface area contributed by atoms with Crippen LogP contribution in [0.5, 0.6) is 11.5 Å². The predicted molar refractivity (Wildman–Crippen MR) is 130 cm³/mol. The molecular weight excluding hydrogens is 408 g/mol. The topological polar surface area (TPSA) is 29.5 Å². The summed E-state index contributed by atoms with van der Waals surface area (Å²) in [7, 11) is 0. The van der Waals surface area contributed by atoms with Crippen LogP contribution in [0.1, 0.15) is 89.2 Å². The molecule has 0 amide bonds. The van der Waals surface area contributed by atoms with Gasteiger partial charge in [-0.25, -0.2) is 0 Å². The van der Waals surface area contributed by atoms with Crippen LogP contribution in [0.2, 0.25) is 0 Å². The fraction of sp³-hybridized carbons (Fsp3) is 0.692. The van der Waals surface area contributed by atoms with Crippen molar-refractivity contribution in [2.24, 2.45) is 11.8 Å². The van der Waals surface area contributed by atoms with Gasteiger partial charge in [0.05, 0.1) is 4.08 Å². The van der Waals surface area contributed by atoms with Crippen molar-refractivity contribution in [1.82, 2.24) is 0 Å². The molecule has 2 heterocycles. The number of benzene rings is 1. The van der Waals surface area contributed by atoms with E-state index in [1.807, 2.05) is 0 Å². The summed E-state index contributed by atoms with van der Waals surface area (Å²) in [6, 6.07) is 4.46. The standard InChI is InChI=1S/C26H36O2S2/c1-17-10-11-21-20(14-17)24-22(27)15-19(16-23(24)28-25(21,2)3)26(29-12-13-30-26)18-8-6-4-5-7-9-18/h10,15-16,18,20-21,27H,4-9,11-14H2,1-3H3. The van der Waals surface area contributed by atoms with Crippen molar-refractivity contribution in [3.05, 3.63) is 34.9 Å². The molecule has 1 aromatic rings. The number of fused-ring (bicyclic) bond motifs is 3. The van der Waals surface area contributed by atoms with Crippen molar-refractivity contribution < 1.29 is 9.84 Å². The number of allylic oxidation sites excluding steroid dienone is 2. The van der Waals surface area contributed by atoms with Crippen molar-refractivity contribution in [1.29, 1.82) is 0 Å². The minimum absolute atomic E-state index is 0.0869. The van der Waals surface area contributed by atoms with Crippen molar-refractivity contribution in [2.45, 2.75) is 87.7 Å². The van der Waals surface area contributed by atoms with Gasteiger partial charge >= 0.3 is 0 Å². The zero-order valence-corrected chi connectivity index (χ0v) is 20.3. The molecule has 0 bridgehead atoms. The molecule has 1 N–H and O–H groups in total. The highest BCUT2D eigenvalue weighted by molar-refractivity contribution is 8.20. The Bertz CT molecular complexity index is 830. The van der Waals surface area contributed by atoms with Gasteiger partial charge in [-0.3, -0.25) is 0 Å². The predicted octanol–water partition coefficient (Wildman–Crippen LogP) is 7.61. The van der Waals surface area contributed by atoms with E-state index in [-0.39, 0.29) is 9.68 Å². The number of thioether (sulfide) groups is 2. The maximum Gasteiger partial charge on any atom is 0.127 e. The highest BCUT2D eigenvalue weighted by Gasteiger charge is 2.49. The van der Waals surface area contributed by atoms with Crippen molar-refractivity contribution in [3.8, 4) is 11.5 Å². The number of aromatic hydroxyl groups is 1. The highest BCUT2D eigenvalue weighted by atomic mass is 32.2. The number of hydrogen-bond donors (Lipinski definition) is 1. The molecule has 164 valence electrons. The van der Waals surface area contributed by atoms with E-state index in [0.717, 1.165) is 24.2 Å². The molecule has 0 spiro atoms. The van der Waals surface area contributed by atoms with Crippen LogP contribution in [-0.4, -0.2) is 22.2 Å². The minimum atomic E-state index is -0.203. The van der Waals surface area contributed by atoms with E-state index in [1.165, 1.54) is 61.2 Å². The highest BCUT2D eigenvalue weighted by Crippen LogP contribution is 2.62. The molecule has 2 aliphatic heterocycles. The number of ether oxygens (including phenoxy) is 1. The van der Waals surface area contributed by atoms with E-state index in [4.69, 9.17) is 4.74 Å². The molecule has 0 radical (unpaired) electrons. The summed E-state index contributed by atoms with van der Waals surface area (Å²) >= 11 is 4.26. The van der Waals surface area contributed by atoms with Crippen LogP contribution in [0.25, 0.3) is 0 Å². The van der Waals surface area contributed by atoms with E-state index >= 15 is 0 Å². The third-order valence-electron chi connectivity index (χ3n) is 8.02. The van der Waals surface area contributed by atoms with Crippen molar-refractivity contribution in [3.63, 3.8) is 0 Å². The van der Waals surface area contributed by atoms with Gasteiger partial charge in [0.2, 0.25) is 0 Å². The molecule has 30 heavy (non-hydrogen) atoms. The van der Waals surface area contributed by atoms with Crippen LogP contribution in [0.15, 0.2) is 23.8 Å². The third-order valence-corrected chi connectivity index (χ3v) is 11.8. The lowest BCUT2D eigenvalue weighted by molar-refractivity contribution is 0.00749. The quantitative estimate of drug-likeness (QED) is 0.375. The Balaban J connectivity index is 1.58. The molecule has 2 atom stereocenters. The molecule has 2 aliphatic carbocycles. The second-order valence-corrected chi connectivity index (χ2v) is 13.3. The summed E-state index contributed by atoms with van der Waals surface area (Å²) < 4.78 is 6.74. The van der Waals surface area contributed by atoms with Gasteiger partial charge in [0.15, 0.2) is 0 Å². The number of hydrogen-bond acceptors (Lipinski definition) is 4. The molecule has 4 heteroatoms. The van der Waals surface area contributed by atoms with Crippen LogP contribution in [-0.2, 0) is 4.08 Å². The largest absolute Gasteiger partial charge is 0.508 e. The smallest absolute Gasteiger partial charge is 0.127 e. The summed E-state index contributed by atoms with van der Waals surface area (Å²) in [5.74, 6) is 5.33. The zero-order valence-electron chi connectivity index (χ0n) is 18.7. The van der Waals surface area contributed by atoms with Gasteiger partial charge < -0.3 is 9.84 Å². The Kier molecular flexibility index (Phi) is 5.63. The second-order valence-electron chi connectivity index (χ2n) is 10.4. The summed E-state index contributed by atoms with van der Waals surface area (Å²) in [5, 5.41) is 11.3. The lowest BCUT2D eigenvalue weighted by Crippen LogP contribution is -2.45. The lowest BCUT2D eigenvalue weighted by atomic mass is 9.67. The van der Waals surface area contributed by atoms with Gasteiger partial charge in [0, 0.05) is 28.9 Å². The van der Waals surface area contributed by atoms with E-state index in [9.17, 15) is 5.11 Å². The Hall–Kier alpha value is -0.740. The van der Waals surface area contributed by atoms with Gasteiger partial charge in [0.1, 0.15) is 17.1 Å². The molecule has 2 fully saturated rings. The Labute approximate surface area is 190 Å². The Morgan fingerprint density at radius 3 is 2.43 bits per heavy atom. The maximum absolute atomic E-state index is 11.3. The molecule has 1 saturated carbocycles. The number of phenolic OH excluding ortho intramolecular Hbond substituents is 1. The van der Waals surface area contributed by atoms with Gasteiger partial charge in [-0.05, 0) is 70.1 Å². The summed E-state index contributed by atoms with van der Waals surface area (Å²) in [6.07, 6.45) is 12.5. The van der Waals surface area contributed by atoms with Crippen LogP contribution in [0, 0.1) is 11.8 Å². The minimum Gasteiger partial charge on any atom is -0.508 e. The maximum atomic E-state index is 11.3. The number of rotatable bonds is 2. The summed E-state index contributed by atoms with van der Waals surface area (Å²) in [4.78, 5) is 0. The third kappa shape index (κ3) is 3.50. The second kappa shape index (κ2) is 7.99.